The predicted octanol–water partition coefficient (Wildman–Crippen LogP) is 3.04. The number of esters is 1. The van der Waals surface area contributed by atoms with Crippen molar-refractivity contribution in [3.8, 4) is 0 Å². The Morgan fingerprint density at radius 3 is 2.71 bits per heavy atom. The van der Waals surface area contributed by atoms with E-state index in [4.69, 9.17) is 4.74 Å². The minimum atomic E-state index is -0.180. The molecule has 0 spiro atoms. The topological polar surface area (TPSA) is 71.5 Å². The van der Waals surface area contributed by atoms with Crippen LogP contribution in [-0.4, -0.2) is 41.6 Å². The average molecular weight is 327 g/mol. The number of fused-ring (bicyclic) bond motifs is 1. The molecule has 2 amide bonds. The molecule has 126 valence electrons. The third-order valence-electron chi connectivity index (χ3n) is 4.24. The van der Waals surface area contributed by atoms with Crippen molar-refractivity contribution in [3.63, 3.8) is 0 Å². The highest BCUT2D eigenvalue weighted by atomic mass is 16.5. The normalized spacial score (nSPS) is 15.3. The van der Waals surface area contributed by atoms with Crippen molar-refractivity contribution in [1.82, 2.24) is 9.88 Å². The molecular weight excluding hydrogens is 306 g/mol. The summed E-state index contributed by atoms with van der Waals surface area (Å²) in [5.74, 6) is 0.271. The summed E-state index contributed by atoms with van der Waals surface area (Å²) in [5.41, 5.74) is 0.844. The lowest BCUT2D eigenvalue weighted by molar-refractivity contribution is -0.149. The van der Waals surface area contributed by atoms with E-state index in [0.717, 1.165) is 10.9 Å². The molecule has 2 aromatic rings. The molecule has 0 radical (unpaired) electrons. The van der Waals surface area contributed by atoms with Crippen LogP contribution < -0.4 is 5.32 Å². The summed E-state index contributed by atoms with van der Waals surface area (Å²) in [6, 6.07) is 11.3. The van der Waals surface area contributed by atoms with E-state index < -0.39 is 0 Å². The van der Waals surface area contributed by atoms with Crippen molar-refractivity contribution < 1.29 is 14.3 Å². The largest absolute Gasteiger partial charge is 0.466 e. The number of nitrogens with zero attached hydrogens (tertiary/aromatic N) is 2. The van der Waals surface area contributed by atoms with Crippen molar-refractivity contribution in [2.45, 2.75) is 19.8 Å². The molecule has 0 unspecified atom stereocenters. The molecule has 0 atom stereocenters. The van der Waals surface area contributed by atoms with Crippen LogP contribution in [0.15, 0.2) is 36.4 Å². The molecule has 3 rings (SSSR count). The molecule has 6 nitrogen and oxygen atoms in total. The predicted molar refractivity (Wildman–Crippen MR) is 91.7 cm³/mol. The number of piperidine rings is 1. The number of carbonyl (C=O) groups excluding carboxylic acids is 2. The zero-order valence-corrected chi connectivity index (χ0v) is 13.7. The fraction of sp³-hybridized carbons (Fsp3) is 0.389. The number of carbonyl (C=O) groups is 2. The van der Waals surface area contributed by atoms with E-state index in [0.29, 0.717) is 38.4 Å². The van der Waals surface area contributed by atoms with Gasteiger partial charge in [0.15, 0.2) is 0 Å². The molecular formula is C18H21N3O3. The summed E-state index contributed by atoms with van der Waals surface area (Å²) in [7, 11) is 0. The highest BCUT2D eigenvalue weighted by Crippen LogP contribution is 2.20. The Morgan fingerprint density at radius 1 is 1.21 bits per heavy atom. The quantitative estimate of drug-likeness (QED) is 0.880. The average Bonchev–Trinajstić information content (AvgIpc) is 2.62. The maximum absolute atomic E-state index is 12.4. The number of ether oxygens (including phenoxy) is 1. The monoisotopic (exact) mass is 327 g/mol. The molecule has 1 N–H and O–H groups in total. The van der Waals surface area contributed by atoms with Gasteiger partial charge in [0.05, 0.1) is 18.0 Å². The first-order valence-corrected chi connectivity index (χ1v) is 8.25. The smallest absolute Gasteiger partial charge is 0.323 e. The lowest BCUT2D eigenvalue weighted by Crippen LogP contribution is -2.42. The number of amides is 2. The number of likely N-dealkylation sites (tertiary alicyclic amines) is 1. The van der Waals surface area contributed by atoms with Gasteiger partial charge in [0.2, 0.25) is 0 Å². The Kier molecular flexibility index (Phi) is 4.93. The Bertz CT molecular complexity index is 739. The van der Waals surface area contributed by atoms with Gasteiger partial charge in [-0.3, -0.25) is 10.1 Å². The number of anilines is 1. The molecule has 6 heteroatoms. The number of pyridine rings is 1. The maximum atomic E-state index is 12.4. The number of aromatic nitrogens is 1. The molecule has 1 aliphatic heterocycles. The summed E-state index contributed by atoms with van der Waals surface area (Å²) >= 11 is 0. The number of rotatable bonds is 3. The van der Waals surface area contributed by atoms with E-state index in [2.05, 4.69) is 10.3 Å². The second-order valence-corrected chi connectivity index (χ2v) is 5.83. The van der Waals surface area contributed by atoms with Gasteiger partial charge in [-0.15, -0.1) is 0 Å². The first-order chi connectivity index (χ1) is 11.7. The Hall–Kier alpha value is -2.63. The third kappa shape index (κ3) is 3.64. The molecule has 2 heterocycles. The molecule has 0 aliphatic carbocycles. The second kappa shape index (κ2) is 7.29. The number of urea groups is 1. The number of para-hydroxylation sites is 1. The van der Waals surface area contributed by atoms with Crippen LogP contribution in [0, 0.1) is 5.92 Å². The zero-order valence-electron chi connectivity index (χ0n) is 13.7. The summed E-state index contributed by atoms with van der Waals surface area (Å²) in [4.78, 5) is 30.3. The van der Waals surface area contributed by atoms with Gasteiger partial charge in [0, 0.05) is 18.5 Å². The number of hydrogen-bond acceptors (Lipinski definition) is 4. The summed E-state index contributed by atoms with van der Waals surface area (Å²) in [5, 5.41) is 3.87. The van der Waals surface area contributed by atoms with Crippen LogP contribution in [0.1, 0.15) is 19.8 Å². The maximum Gasteiger partial charge on any atom is 0.323 e. The SMILES string of the molecule is CCOC(=O)C1CCN(C(=O)Nc2ccc3ccccc3n2)CC1. The van der Waals surface area contributed by atoms with Gasteiger partial charge in [-0.05, 0) is 38.0 Å². The minimum Gasteiger partial charge on any atom is -0.466 e. The third-order valence-corrected chi connectivity index (χ3v) is 4.24. The molecule has 1 aromatic carbocycles. The molecule has 1 fully saturated rings. The van der Waals surface area contributed by atoms with Crippen LogP contribution in [-0.2, 0) is 9.53 Å². The van der Waals surface area contributed by atoms with Gasteiger partial charge in [0.1, 0.15) is 5.82 Å². The van der Waals surface area contributed by atoms with Gasteiger partial charge >= 0.3 is 12.0 Å². The Labute approximate surface area is 140 Å². The Morgan fingerprint density at radius 2 is 1.96 bits per heavy atom. The lowest BCUT2D eigenvalue weighted by atomic mass is 9.97. The van der Waals surface area contributed by atoms with Crippen molar-refractivity contribution in [2.75, 3.05) is 25.0 Å². The molecule has 1 aromatic heterocycles. The summed E-state index contributed by atoms with van der Waals surface area (Å²) in [6.45, 7) is 3.29. The van der Waals surface area contributed by atoms with E-state index in [1.807, 2.05) is 30.3 Å². The number of hydrogen-bond donors (Lipinski definition) is 1. The number of nitrogens with one attached hydrogen (secondary N) is 1. The molecule has 1 aliphatic rings. The van der Waals surface area contributed by atoms with Gasteiger partial charge in [-0.1, -0.05) is 18.2 Å². The summed E-state index contributed by atoms with van der Waals surface area (Å²) < 4.78 is 5.05. The van der Waals surface area contributed by atoms with Crippen LogP contribution in [0.5, 0.6) is 0 Å². The number of benzene rings is 1. The van der Waals surface area contributed by atoms with Gasteiger partial charge in [-0.25, -0.2) is 9.78 Å². The fourth-order valence-corrected chi connectivity index (χ4v) is 2.90. The lowest BCUT2D eigenvalue weighted by Gasteiger charge is -2.30. The first-order valence-electron chi connectivity index (χ1n) is 8.25. The first kappa shape index (κ1) is 16.2. The minimum absolute atomic E-state index is 0.104. The molecule has 24 heavy (non-hydrogen) atoms. The van der Waals surface area contributed by atoms with Crippen LogP contribution >= 0.6 is 0 Å². The van der Waals surface area contributed by atoms with Crippen LogP contribution in [0.3, 0.4) is 0 Å². The molecule has 0 bridgehead atoms. The van der Waals surface area contributed by atoms with Crippen molar-refractivity contribution in [3.05, 3.63) is 36.4 Å². The van der Waals surface area contributed by atoms with Crippen molar-refractivity contribution in [2.24, 2.45) is 5.92 Å². The van der Waals surface area contributed by atoms with Crippen LogP contribution in [0.2, 0.25) is 0 Å². The molecule has 1 saturated heterocycles. The van der Waals surface area contributed by atoms with Crippen LogP contribution in [0.25, 0.3) is 10.9 Å². The second-order valence-electron chi connectivity index (χ2n) is 5.83. The van der Waals surface area contributed by atoms with Gasteiger partial charge in [-0.2, -0.15) is 0 Å². The standard InChI is InChI=1S/C18H21N3O3/c1-2-24-17(22)14-9-11-21(12-10-14)18(23)20-16-8-7-13-5-3-4-6-15(13)19-16/h3-8,14H,2,9-12H2,1H3,(H,19,20,23). The highest BCUT2D eigenvalue weighted by molar-refractivity contribution is 5.90. The zero-order chi connectivity index (χ0) is 16.9. The highest BCUT2D eigenvalue weighted by Gasteiger charge is 2.28. The summed E-state index contributed by atoms with van der Waals surface area (Å²) in [6.07, 6.45) is 1.27. The van der Waals surface area contributed by atoms with E-state index in [1.54, 1.807) is 17.9 Å². The van der Waals surface area contributed by atoms with Crippen molar-refractivity contribution >= 4 is 28.7 Å². The van der Waals surface area contributed by atoms with Crippen molar-refractivity contribution in [1.29, 1.82) is 0 Å². The molecule has 0 saturated carbocycles. The van der Waals surface area contributed by atoms with Gasteiger partial charge in [0.25, 0.3) is 0 Å². The van der Waals surface area contributed by atoms with E-state index >= 15 is 0 Å². The van der Waals surface area contributed by atoms with E-state index in [9.17, 15) is 9.59 Å². The van der Waals surface area contributed by atoms with Gasteiger partial charge < -0.3 is 9.64 Å². The Balaban J connectivity index is 1.58. The van der Waals surface area contributed by atoms with E-state index in [-0.39, 0.29) is 17.9 Å². The fourth-order valence-electron chi connectivity index (χ4n) is 2.90. The van der Waals surface area contributed by atoms with E-state index in [1.165, 1.54) is 0 Å². The van der Waals surface area contributed by atoms with Crippen LogP contribution in [0.4, 0.5) is 10.6 Å².